The molecule has 0 radical (unpaired) electrons. The van der Waals surface area contributed by atoms with Crippen LogP contribution in [0.3, 0.4) is 0 Å². The van der Waals surface area contributed by atoms with E-state index in [1.54, 1.807) is 17.5 Å². The molecule has 352 valence electrons. The van der Waals surface area contributed by atoms with Gasteiger partial charge in [-0.1, -0.05) is 192 Å². The SMILES string of the molecule is CCCCCCCCCCCCCCCCOS(=O)(=O)O.CCCCCCCCCCCCCCCCOS(=O)(=O)[O-].Cc1ncc(C[n+]2csc(CCO)c2C)c(N)n1. The van der Waals surface area contributed by atoms with Crippen molar-refractivity contribution in [2.24, 2.45) is 0 Å². The highest BCUT2D eigenvalue weighted by Crippen LogP contribution is 2.16. The second-order valence-electron chi connectivity index (χ2n) is 15.8. The van der Waals surface area contributed by atoms with Gasteiger partial charge in [-0.3, -0.25) is 8.74 Å². The van der Waals surface area contributed by atoms with Crippen molar-refractivity contribution in [1.82, 2.24) is 9.97 Å². The summed E-state index contributed by atoms with van der Waals surface area (Å²) in [6.45, 7) is 9.34. The summed E-state index contributed by atoms with van der Waals surface area (Å²) in [5.74, 6) is 1.22. The number of thiazole rings is 1. The van der Waals surface area contributed by atoms with E-state index in [1.807, 2.05) is 19.4 Å². The van der Waals surface area contributed by atoms with Gasteiger partial charge in [0.2, 0.25) is 15.9 Å². The average molecular weight is 909 g/mol. The summed E-state index contributed by atoms with van der Waals surface area (Å²) < 4.78 is 70.1. The van der Waals surface area contributed by atoms with Gasteiger partial charge in [0.25, 0.3) is 0 Å². The van der Waals surface area contributed by atoms with Crippen molar-refractivity contribution >= 4 is 38.0 Å². The molecule has 2 heterocycles. The first kappa shape index (κ1) is 58.2. The summed E-state index contributed by atoms with van der Waals surface area (Å²) in [7, 11) is -8.73. The van der Waals surface area contributed by atoms with Crippen molar-refractivity contribution in [2.45, 2.75) is 220 Å². The molecule has 0 aliphatic heterocycles. The molecule has 0 saturated heterocycles. The first-order chi connectivity index (χ1) is 28.7. The van der Waals surface area contributed by atoms with E-state index in [9.17, 15) is 21.4 Å². The summed E-state index contributed by atoms with van der Waals surface area (Å²) in [4.78, 5) is 9.53. The molecule has 0 aliphatic rings. The van der Waals surface area contributed by atoms with Crippen LogP contribution in [0.1, 0.15) is 216 Å². The van der Waals surface area contributed by atoms with E-state index in [1.165, 1.54) is 146 Å². The Hall–Kier alpha value is -1.79. The first-order valence-corrected chi connectivity index (χ1v) is 26.7. The van der Waals surface area contributed by atoms with Crippen molar-refractivity contribution in [1.29, 1.82) is 0 Å². The van der Waals surface area contributed by atoms with Gasteiger partial charge in [-0.25, -0.2) is 22.6 Å². The van der Waals surface area contributed by atoms with E-state index in [-0.39, 0.29) is 19.8 Å². The van der Waals surface area contributed by atoms with Crippen LogP contribution < -0.4 is 10.3 Å². The fraction of sp³-hybridized carbons (Fsp3) is 0.841. The lowest BCUT2D eigenvalue weighted by atomic mass is 10.0. The van der Waals surface area contributed by atoms with E-state index in [4.69, 9.17) is 15.4 Å². The number of nitrogen functional groups attached to an aromatic ring is 1. The van der Waals surface area contributed by atoms with Crippen LogP contribution in [0, 0.1) is 13.8 Å². The van der Waals surface area contributed by atoms with Crippen LogP contribution >= 0.6 is 11.3 Å². The summed E-state index contributed by atoms with van der Waals surface area (Å²) in [6.07, 6.45) is 37.5. The Morgan fingerprint density at radius 3 is 1.40 bits per heavy atom. The molecule has 0 fully saturated rings. The second kappa shape index (κ2) is 38.9. The van der Waals surface area contributed by atoms with Crippen molar-refractivity contribution in [3.63, 3.8) is 0 Å². The third kappa shape index (κ3) is 37.9. The number of nitrogens with two attached hydrogens (primary N) is 1. The number of aliphatic hydroxyl groups excluding tert-OH is 1. The molecule has 2 aromatic heterocycles. The van der Waals surface area contributed by atoms with E-state index in [0.717, 1.165) is 36.9 Å². The number of aromatic nitrogens is 3. The van der Waals surface area contributed by atoms with Crippen LogP contribution in [-0.2, 0) is 42.1 Å². The predicted octanol–water partition coefficient (Wildman–Crippen LogP) is 10.8. The molecule has 2 aromatic rings. The molecule has 0 atom stereocenters. The van der Waals surface area contributed by atoms with Crippen LogP contribution in [0.2, 0.25) is 0 Å². The molecule has 16 heteroatoms. The minimum atomic E-state index is -4.49. The van der Waals surface area contributed by atoms with Crippen molar-refractivity contribution in [2.75, 3.05) is 25.6 Å². The standard InChI is InChI=1S/2C16H34O4S.C12H17N4OS/c2*1-2-3-4-5-6-7-8-9-10-11-12-13-14-15-16-20-21(17,18)19;1-8-11(3-4-17)18-7-16(8)6-10-5-14-9(2)15-12(10)13/h2*2-16H2,1H3,(H,17,18,19);5,7,17H,3-4,6H2,1-2H3,(H2,13,14,15)/q;;+1/p-1. The van der Waals surface area contributed by atoms with Crippen LogP contribution in [0.25, 0.3) is 0 Å². The second-order valence-corrected chi connectivity index (χ2v) is 18.9. The van der Waals surface area contributed by atoms with E-state index in [2.05, 4.69) is 36.7 Å². The van der Waals surface area contributed by atoms with Gasteiger partial charge in [0.15, 0.2) is 12.2 Å². The Labute approximate surface area is 370 Å². The number of anilines is 1. The average Bonchev–Trinajstić information content (AvgIpc) is 3.53. The molecule has 0 unspecified atom stereocenters. The minimum Gasteiger partial charge on any atom is -0.726 e. The molecular weight excluding hydrogens is 825 g/mol. The largest absolute Gasteiger partial charge is 0.726 e. The first-order valence-electron chi connectivity index (χ1n) is 23.1. The zero-order valence-corrected chi connectivity index (χ0v) is 40.3. The number of rotatable bonds is 36. The number of aliphatic hydroxyl groups is 1. The topological polar surface area (TPSA) is 206 Å². The van der Waals surface area contributed by atoms with Gasteiger partial charge in [0.05, 0.1) is 23.7 Å². The highest BCUT2D eigenvalue weighted by atomic mass is 32.3. The highest BCUT2D eigenvalue weighted by Gasteiger charge is 2.17. The molecule has 0 bridgehead atoms. The maximum Gasteiger partial charge on any atom is 0.397 e. The highest BCUT2D eigenvalue weighted by molar-refractivity contribution is 7.81. The third-order valence-electron chi connectivity index (χ3n) is 10.3. The van der Waals surface area contributed by atoms with E-state index in [0.29, 0.717) is 37.4 Å². The summed E-state index contributed by atoms with van der Waals surface area (Å²) >= 11 is 1.65. The minimum absolute atomic E-state index is 0.0316. The van der Waals surface area contributed by atoms with Gasteiger partial charge in [-0.15, -0.1) is 0 Å². The number of nitrogens with zero attached hydrogens (tertiary/aromatic N) is 3. The summed E-state index contributed by atoms with van der Waals surface area (Å²) in [6, 6.07) is 0. The van der Waals surface area contributed by atoms with E-state index < -0.39 is 20.8 Å². The fourth-order valence-electron chi connectivity index (χ4n) is 6.69. The smallest absolute Gasteiger partial charge is 0.397 e. The van der Waals surface area contributed by atoms with Gasteiger partial charge in [0, 0.05) is 26.1 Å². The van der Waals surface area contributed by atoms with Crippen LogP contribution in [0.5, 0.6) is 0 Å². The monoisotopic (exact) mass is 909 g/mol. The van der Waals surface area contributed by atoms with Crippen molar-refractivity contribution in [3.05, 3.63) is 33.7 Å². The lowest BCUT2D eigenvalue weighted by Crippen LogP contribution is -2.35. The normalized spacial score (nSPS) is 11.6. The number of unbranched alkanes of at least 4 members (excludes halogenated alkanes) is 26. The molecule has 0 aliphatic carbocycles. The van der Waals surface area contributed by atoms with Gasteiger partial charge in [0.1, 0.15) is 11.6 Å². The molecule has 0 aromatic carbocycles. The number of aryl methyl sites for hydroxylation is 1. The molecule has 0 spiro atoms. The Balaban J connectivity index is 0.000000872. The van der Waals surface area contributed by atoms with Crippen LogP contribution in [0.15, 0.2) is 11.7 Å². The van der Waals surface area contributed by atoms with Gasteiger partial charge in [-0.05, 0) is 19.8 Å². The Morgan fingerprint density at radius 1 is 0.667 bits per heavy atom. The molecule has 60 heavy (non-hydrogen) atoms. The number of hydrogen-bond acceptors (Lipinski definition) is 12. The lowest BCUT2D eigenvalue weighted by Gasteiger charge is -2.07. The zero-order chi connectivity index (χ0) is 44.7. The molecule has 13 nitrogen and oxygen atoms in total. The van der Waals surface area contributed by atoms with Crippen molar-refractivity contribution in [3.8, 4) is 0 Å². The molecule has 0 saturated carbocycles. The van der Waals surface area contributed by atoms with Crippen LogP contribution in [0.4, 0.5) is 5.82 Å². The molecule has 0 amide bonds. The van der Waals surface area contributed by atoms with Crippen LogP contribution in [-0.4, -0.2) is 60.8 Å². The molecule has 2 rings (SSSR count). The lowest BCUT2D eigenvalue weighted by molar-refractivity contribution is -0.689. The molecule has 4 N–H and O–H groups in total. The Morgan fingerprint density at radius 2 is 1.05 bits per heavy atom. The number of hydrogen-bond donors (Lipinski definition) is 3. The summed E-state index contributed by atoms with van der Waals surface area (Å²) in [5, 5.41) is 8.98. The Kier molecular flexibility index (Phi) is 37.7. The predicted molar refractivity (Wildman–Crippen MR) is 244 cm³/mol. The van der Waals surface area contributed by atoms with E-state index >= 15 is 0 Å². The van der Waals surface area contributed by atoms with Gasteiger partial charge >= 0.3 is 10.4 Å². The quantitative estimate of drug-likeness (QED) is 0.0253. The Bertz CT molecular complexity index is 1450. The fourth-order valence-corrected chi connectivity index (χ4v) is 8.32. The summed E-state index contributed by atoms with van der Waals surface area (Å²) in [5.41, 5.74) is 10.0. The third-order valence-corrected chi connectivity index (χ3v) is 12.4. The zero-order valence-electron chi connectivity index (χ0n) is 37.9. The van der Waals surface area contributed by atoms with Crippen molar-refractivity contribution < 1.29 is 44.0 Å². The van der Waals surface area contributed by atoms with Gasteiger partial charge < -0.3 is 15.4 Å². The van der Waals surface area contributed by atoms with Gasteiger partial charge in [-0.2, -0.15) is 13.0 Å². The maximum absolute atomic E-state index is 10.3. The maximum atomic E-state index is 10.3. The molecular formula is C44H84N4O9S3.